The molecule has 1 aromatic heterocycles. The van der Waals surface area contributed by atoms with Gasteiger partial charge in [-0.15, -0.1) is 0 Å². The third-order valence-electron chi connectivity index (χ3n) is 4.93. The lowest BCUT2D eigenvalue weighted by molar-refractivity contribution is -0.135. The molecule has 5 nitrogen and oxygen atoms in total. The van der Waals surface area contributed by atoms with Crippen LogP contribution in [0.15, 0.2) is 18.3 Å². The third kappa shape index (κ3) is 3.18. The lowest BCUT2D eigenvalue weighted by atomic mass is 9.85. The molecule has 2 fully saturated rings. The molecular formula is C17H25N3O2. The molecule has 0 spiro atoms. The number of likely N-dealkylation sites (tertiary alicyclic amines) is 1. The number of rotatable bonds is 4. The summed E-state index contributed by atoms with van der Waals surface area (Å²) in [6, 6.07) is 4.05. The normalized spacial score (nSPS) is 25.2. The summed E-state index contributed by atoms with van der Waals surface area (Å²) in [7, 11) is 0. The number of nitrogens with one attached hydrogen (secondary N) is 1. The van der Waals surface area contributed by atoms with Gasteiger partial charge in [0.2, 0.25) is 5.91 Å². The Morgan fingerprint density at radius 1 is 1.14 bits per heavy atom. The summed E-state index contributed by atoms with van der Waals surface area (Å²) in [5.74, 6) is 0.629. The van der Waals surface area contributed by atoms with E-state index in [1.54, 1.807) is 6.92 Å². The molecule has 0 radical (unpaired) electrons. The molecule has 1 aliphatic heterocycles. The number of ketones is 1. The van der Waals surface area contributed by atoms with Crippen LogP contribution in [0.25, 0.3) is 0 Å². The predicted octanol–water partition coefficient (Wildman–Crippen LogP) is 2.42. The van der Waals surface area contributed by atoms with Gasteiger partial charge in [-0.25, -0.2) is 0 Å². The Labute approximate surface area is 131 Å². The molecule has 1 saturated carbocycles. The van der Waals surface area contributed by atoms with E-state index in [9.17, 15) is 9.59 Å². The summed E-state index contributed by atoms with van der Waals surface area (Å²) >= 11 is 0. The van der Waals surface area contributed by atoms with Gasteiger partial charge >= 0.3 is 0 Å². The number of carbonyl (C=O) groups excluding carboxylic acids is 2. The van der Waals surface area contributed by atoms with E-state index in [-0.39, 0.29) is 11.7 Å². The van der Waals surface area contributed by atoms with Crippen LogP contribution >= 0.6 is 0 Å². The zero-order valence-electron chi connectivity index (χ0n) is 13.3. The van der Waals surface area contributed by atoms with E-state index in [0.717, 1.165) is 51.6 Å². The standard InChI is InChI=1S/C17H25N3O2/c1-13(21)16-5-4-12-20(16)18-15-8-6-14(7-9-15)17(22)19-10-2-3-11-19/h4-5,12,14-15,18H,2-3,6-11H2,1H3. The Morgan fingerprint density at radius 3 is 2.45 bits per heavy atom. The summed E-state index contributed by atoms with van der Waals surface area (Å²) in [5.41, 5.74) is 4.10. The molecule has 2 heterocycles. The first-order valence-electron chi connectivity index (χ1n) is 8.39. The minimum atomic E-state index is 0.0652. The van der Waals surface area contributed by atoms with Crippen LogP contribution in [0.4, 0.5) is 0 Å². The van der Waals surface area contributed by atoms with Crippen molar-refractivity contribution in [3.63, 3.8) is 0 Å². The van der Waals surface area contributed by atoms with E-state index in [0.29, 0.717) is 17.6 Å². The molecule has 1 aromatic rings. The fourth-order valence-corrected chi connectivity index (χ4v) is 3.64. The van der Waals surface area contributed by atoms with Gasteiger partial charge in [0.05, 0.1) is 0 Å². The zero-order chi connectivity index (χ0) is 15.5. The Kier molecular flexibility index (Phi) is 4.50. The van der Waals surface area contributed by atoms with E-state index in [4.69, 9.17) is 0 Å². The first-order chi connectivity index (χ1) is 10.6. The number of carbonyl (C=O) groups is 2. The van der Waals surface area contributed by atoms with Crippen molar-refractivity contribution in [3.05, 3.63) is 24.0 Å². The van der Waals surface area contributed by atoms with Gasteiger partial charge in [0.25, 0.3) is 0 Å². The summed E-state index contributed by atoms with van der Waals surface area (Å²) in [6.07, 6.45) is 8.07. The molecular weight excluding hydrogens is 278 g/mol. The Hall–Kier alpha value is -1.78. The van der Waals surface area contributed by atoms with Crippen molar-refractivity contribution < 1.29 is 9.59 Å². The summed E-state index contributed by atoms with van der Waals surface area (Å²) in [6.45, 7) is 3.48. The minimum Gasteiger partial charge on any atom is -0.342 e. The van der Waals surface area contributed by atoms with Crippen molar-refractivity contribution in [2.45, 2.75) is 51.5 Å². The Balaban J connectivity index is 1.52. The molecule has 0 aromatic carbocycles. The van der Waals surface area contributed by atoms with Crippen LogP contribution in [0.1, 0.15) is 55.9 Å². The number of hydrogen-bond donors (Lipinski definition) is 1. The van der Waals surface area contributed by atoms with Gasteiger partial charge in [0, 0.05) is 38.2 Å². The lowest BCUT2D eigenvalue weighted by Crippen LogP contribution is -2.39. The van der Waals surface area contributed by atoms with Crippen LogP contribution < -0.4 is 5.43 Å². The quantitative estimate of drug-likeness (QED) is 0.869. The highest BCUT2D eigenvalue weighted by molar-refractivity contribution is 5.92. The predicted molar refractivity (Wildman–Crippen MR) is 85.4 cm³/mol. The fourth-order valence-electron chi connectivity index (χ4n) is 3.64. The summed E-state index contributed by atoms with van der Waals surface area (Å²) in [5, 5.41) is 0. The first-order valence-corrected chi connectivity index (χ1v) is 8.39. The van der Waals surface area contributed by atoms with Gasteiger partial charge in [-0.3, -0.25) is 14.3 Å². The number of hydrogen-bond acceptors (Lipinski definition) is 3. The van der Waals surface area contributed by atoms with Gasteiger partial charge < -0.3 is 10.3 Å². The lowest BCUT2D eigenvalue weighted by Gasteiger charge is -2.31. The van der Waals surface area contributed by atoms with E-state index < -0.39 is 0 Å². The highest BCUT2D eigenvalue weighted by Crippen LogP contribution is 2.28. The molecule has 0 atom stereocenters. The second-order valence-electron chi connectivity index (χ2n) is 6.53. The molecule has 3 rings (SSSR count). The number of Topliss-reactive ketones (excluding diaryl/α,β-unsaturated/α-hetero) is 1. The van der Waals surface area contributed by atoms with Gasteiger partial charge in [0.15, 0.2) is 5.78 Å². The molecule has 1 amide bonds. The number of amides is 1. The smallest absolute Gasteiger partial charge is 0.225 e. The molecule has 0 unspecified atom stereocenters. The number of nitrogens with zero attached hydrogens (tertiary/aromatic N) is 2. The zero-order valence-corrected chi connectivity index (χ0v) is 13.3. The highest BCUT2D eigenvalue weighted by Gasteiger charge is 2.30. The molecule has 22 heavy (non-hydrogen) atoms. The van der Waals surface area contributed by atoms with Crippen molar-refractivity contribution in [2.24, 2.45) is 5.92 Å². The molecule has 1 saturated heterocycles. The SMILES string of the molecule is CC(=O)c1cccn1NC1CCC(C(=O)N2CCCC2)CC1. The van der Waals surface area contributed by atoms with E-state index in [1.807, 2.05) is 27.9 Å². The van der Waals surface area contributed by atoms with E-state index in [2.05, 4.69) is 5.43 Å². The number of aromatic nitrogens is 1. The summed E-state index contributed by atoms with van der Waals surface area (Å²) in [4.78, 5) is 26.0. The van der Waals surface area contributed by atoms with Gasteiger partial charge in [0.1, 0.15) is 5.69 Å². The average molecular weight is 303 g/mol. The van der Waals surface area contributed by atoms with Crippen molar-refractivity contribution in [1.82, 2.24) is 9.58 Å². The summed E-state index contributed by atoms with van der Waals surface area (Å²) < 4.78 is 1.83. The fraction of sp³-hybridized carbons (Fsp3) is 0.647. The topological polar surface area (TPSA) is 54.3 Å². The Morgan fingerprint density at radius 2 is 1.82 bits per heavy atom. The second-order valence-corrected chi connectivity index (χ2v) is 6.53. The molecule has 0 bridgehead atoms. The minimum absolute atomic E-state index is 0.0652. The van der Waals surface area contributed by atoms with E-state index in [1.165, 1.54) is 0 Å². The van der Waals surface area contributed by atoms with Crippen molar-refractivity contribution in [3.8, 4) is 0 Å². The van der Waals surface area contributed by atoms with Crippen molar-refractivity contribution in [1.29, 1.82) is 0 Å². The molecule has 1 N–H and O–H groups in total. The van der Waals surface area contributed by atoms with Crippen LogP contribution in [-0.2, 0) is 4.79 Å². The highest BCUT2D eigenvalue weighted by atomic mass is 16.2. The van der Waals surface area contributed by atoms with Gasteiger partial charge in [-0.1, -0.05) is 0 Å². The molecule has 1 aliphatic carbocycles. The molecule has 120 valence electrons. The maximum Gasteiger partial charge on any atom is 0.225 e. The van der Waals surface area contributed by atoms with Crippen LogP contribution in [0.5, 0.6) is 0 Å². The first kappa shape index (κ1) is 15.1. The van der Waals surface area contributed by atoms with Crippen molar-refractivity contribution in [2.75, 3.05) is 18.5 Å². The van der Waals surface area contributed by atoms with Crippen LogP contribution in [-0.4, -0.2) is 40.4 Å². The van der Waals surface area contributed by atoms with Crippen molar-refractivity contribution >= 4 is 11.7 Å². The maximum atomic E-state index is 12.4. The second kappa shape index (κ2) is 6.55. The van der Waals surface area contributed by atoms with Crippen LogP contribution in [0.2, 0.25) is 0 Å². The third-order valence-corrected chi connectivity index (χ3v) is 4.93. The Bertz CT molecular complexity index is 538. The van der Waals surface area contributed by atoms with Gasteiger partial charge in [-0.2, -0.15) is 0 Å². The molecule has 5 heteroatoms. The monoisotopic (exact) mass is 303 g/mol. The van der Waals surface area contributed by atoms with Crippen LogP contribution in [0, 0.1) is 5.92 Å². The van der Waals surface area contributed by atoms with E-state index >= 15 is 0 Å². The average Bonchev–Trinajstić information content (AvgIpc) is 3.18. The largest absolute Gasteiger partial charge is 0.342 e. The van der Waals surface area contributed by atoms with Crippen LogP contribution in [0.3, 0.4) is 0 Å². The van der Waals surface area contributed by atoms with Gasteiger partial charge in [-0.05, 0) is 50.7 Å². The maximum absolute atomic E-state index is 12.4. The molecule has 2 aliphatic rings.